The summed E-state index contributed by atoms with van der Waals surface area (Å²) in [4.78, 5) is 14.5. The van der Waals surface area contributed by atoms with Crippen molar-refractivity contribution < 1.29 is 4.79 Å². The maximum absolute atomic E-state index is 12.4. The highest BCUT2D eigenvalue weighted by Gasteiger charge is 2.18. The fraction of sp³-hybridized carbons (Fsp3) is 0.227. The lowest BCUT2D eigenvalue weighted by Crippen LogP contribution is -2.38. The second-order valence-electron chi connectivity index (χ2n) is 6.98. The number of carbonyl (C=O) groups is 1. The number of hydrogen-bond donors (Lipinski definition) is 1. The second-order valence-corrected chi connectivity index (χ2v) is 7.34. The van der Waals surface area contributed by atoms with Crippen LogP contribution < -0.4 is 10.3 Å². The lowest BCUT2D eigenvalue weighted by molar-refractivity contribution is -0.119. The average Bonchev–Trinajstić information content (AvgIpc) is 3.03. The van der Waals surface area contributed by atoms with Gasteiger partial charge in [0.1, 0.15) is 5.15 Å². The Bertz CT molecular complexity index is 1040. The van der Waals surface area contributed by atoms with E-state index in [1.54, 1.807) is 10.9 Å². The monoisotopic (exact) mass is 407 g/mol. The van der Waals surface area contributed by atoms with Crippen molar-refractivity contribution in [1.82, 2.24) is 15.2 Å². The highest BCUT2D eigenvalue weighted by atomic mass is 35.5. The number of amides is 1. The average molecular weight is 408 g/mol. The predicted octanol–water partition coefficient (Wildman–Crippen LogP) is 3.74. The molecule has 0 bridgehead atoms. The van der Waals surface area contributed by atoms with Crippen LogP contribution in [0.15, 0.2) is 59.7 Å². The number of benzene rings is 2. The van der Waals surface area contributed by atoms with E-state index in [1.807, 2.05) is 49.4 Å². The van der Waals surface area contributed by atoms with Crippen LogP contribution >= 0.6 is 11.6 Å². The lowest BCUT2D eigenvalue weighted by atomic mass is 10.0. The number of anilines is 1. The van der Waals surface area contributed by atoms with Crippen LogP contribution in [0.5, 0.6) is 0 Å². The Kier molecular flexibility index (Phi) is 5.62. The van der Waals surface area contributed by atoms with Gasteiger partial charge in [-0.2, -0.15) is 10.2 Å². The molecule has 1 aromatic heterocycles. The van der Waals surface area contributed by atoms with Gasteiger partial charge in [0, 0.05) is 12.2 Å². The Hall–Kier alpha value is -3.12. The molecule has 2 heterocycles. The first-order valence-corrected chi connectivity index (χ1v) is 9.96. The molecule has 0 unspecified atom stereocenters. The van der Waals surface area contributed by atoms with Gasteiger partial charge in [0.15, 0.2) is 0 Å². The van der Waals surface area contributed by atoms with Gasteiger partial charge >= 0.3 is 0 Å². The molecule has 4 rings (SSSR count). The summed E-state index contributed by atoms with van der Waals surface area (Å²) in [6.07, 6.45) is 3.64. The van der Waals surface area contributed by atoms with Crippen LogP contribution in [-0.2, 0) is 11.2 Å². The summed E-state index contributed by atoms with van der Waals surface area (Å²) in [6, 6.07) is 17.9. The fourth-order valence-corrected chi connectivity index (χ4v) is 3.87. The number of nitrogens with one attached hydrogen (secondary N) is 1. The molecule has 0 fully saturated rings. The van der Waals surface area contributed by atoms with Crippen molar-refractivity contribution in [3.63, 3.8) is 0 Å². The lowest BCUT2D eigenvalue weighted by Gasteiger charge is -2.30. The van der Waals surface area contributed by atoms with E-state index in [0.29, 0.717) is 10.7 Å². The standard InChI is InChI=1S/C22H22ClN5O/c1-16-19(22(23)28(26-16)18-10-3-2-4-11-18)14-24-25-21(29)15-27-13-7-9-17-8-5-6-12-20(17)27/h2-6,8,10-12,14H,7,9,13,15H2,1H3,(H,25,29)/b24-14-. The molecule has 3 aromatic rings. The van der Waals surface area contributed by atoms with Gasteiger partial charge in [0.05, 0.1) is 29.7 Å². The maximum Gasteiger partial charge on any atom is 0.259 e. The van der Waals surface area contributed by atoms with E-state index < -0.39 is 0 Å². The molecule has 1 N–H and O–H groups in total. The van der Waals surface area contributed by atoms with Crippen LogP contribution in [0.3, 0.4) is 0 Å². The Morgan fingerprint density at radius 3 is 2.79 bits per heavy atom. The quantitative estimate of drug-likeness (QED) is 0.517. The third-order valence-corrected chi connectivity index (χ3v) is 5.34. The Morgan fingerprint density at radius 2 is 1.97 bits per heavy atom. The van der Waals surface area contributed by atoms with Gasteiger partial charge < -0.3 is 4.90 Å². The van der Waals surface area contributed by atoms with Gasteiger partial charge in [-0.25, -0.2) is 10.1 Å². The number of carbonyl (C=O) groups excluding carboxylic acids is 1. The Balaban J connectivity index is 1.42. The molecule has 6 nitrogen and oxygen atoms in total. The Morgan fingerprint density at radius 1 is 1.21 bits per heavy atom. The van der Waals surface area contributed by atoms with Crippen LogP contribution in [0.1, 0.15) is 23.2 Å². The topological polar surface area (TPSA) is 62.5 Å². The number of hydrazone groups is 1. The summed E-state index contributed by atoms with van der Waals surface area (Å²) in [5.41, 5.74) is 7.30. The largest absolute Gasteiger partial charge is 0.362 e. The summed E-state index contributed by atoms with van der Waals surface area (Å²) < 4.78 is 1.66. The van der Waals surface area contributed by atoms with E-state index in [2.05, 4.69) is 32.7 Å². The molecule has 1 amide bonds. The molecule has 0 spiro atoms. The van der Waals surface area contributed by atoms with Crippen LogP contribution in [0, 0.1) is 6.92 Å². The first kappa shape index (κ1) is 19.2. The van der Waals surface area contributed by atoms with E-state index in [1.165, 1.54) is 5.56 Å². The molecule has 2 aromatic carbocycles. The van der Waals surface area contributed by atoms with Crippen LogP contribution in [0.4, 0.5) is 5.69 Å². The number of aromatic nitrogens is 2. The van der Waals surface area contributed by atoms with Crippen LogP contribution in [-0.4, -0.2) is 35.0 Å². The highest BCUT2D eigenvalue weighted by molar-refractivity contribution is 6.32. The summed E-state index contributed by atoms with van der Waals surface area (Å²) in [7, 11) is 0. The molecule has 29 heavy (non-hydrogen) atoms. The molecule has 7 heteroatoms. The molecule has 1 aliphatic rings. The van der Waals surface area contributed by atoms with Crippen LogP contribution in [0.25, 0.3) is 5.69 Å². The zero-order valence-corrected chi connectivity index (χ0v) is 16.9. The molecule has 0 saturated heterocycles. The molecular formula is C22H22ClN5O. The van der Waals surface area contributed by atoms with Crippen molar-refractivity contribution in [3.05, 3.63) is 76.6 Å². The number of fused-ring (bicyclic) bond motifs is 1. The summed E-state index contributed by atoms with van der Waals surface area (Å²) in [5.74, 6) is -0.165. The summed E-state index contributed by atoms with van der Waals surface area (Å²) in [5, 5.41) is 9.03. The number of para-hydroxylation sites is 2. The van der Waals surface area contributed by atoms with Crippen molar-refractivity contribution in [2.75, 3.05) is 18.0 Å². The van der Waals surface area contributed by atoms with Gasteiger partial charge in [-0.05, 0) is 43.5 Å². The minimum absolute atomic E-state index is 0.165. The zero-order chi connectivity index (χ0) is 20.2. The number of rotatable bonds is 5. The SMILES string of the molecule is Cc1nn(-c2ccccc2)c(Cl)c1/C=N\NC(=O)CN1CCCc2ccccc21. The first-order chi connectivity index (χ1) is 14.1. The third kappa shape index (κ3) is 4.17. The normalized spacial score (nSPS) is 13.5. The van der Waals surface area contributed by atoms with Gasteiger partial charge in [0.2, 0.25) is 0 Å². The van der Waals surface area contributed by atoms with Gasteiger partial charge in [-0.1, -0.05) is 48.0 Å². The van der Waals surface area contributed by atoms with Crippen molar-refractivity contribution in [2.24, 2.45) is 5.10 Å². The third-order valence-electron chi connectivity index (χ3n) is 4.97. The molecule has 0 radical (unpaired) electrons. The van der Waals surface area contributed by atoms with E-state index >= 15 is 0 Å². The molecule has 0 saturated carbocycles. The maximum atomic E-state index is 12.4. The van der Waals surface area contributed by atoms with Gasteiger partial charge in [0.25, 0.3) is 5.91 Å². The zero-order valence-electron chi connectivity index (χ0n) is 16.2. The highest BCUT2D eigenvalue weighted by Crippen LogP contribution is 2.26. The van der Waals surface area contributed by atoms with Gasteiger partial charge in [-0.3, -0.25) is 4.79 Å². The number of nitrogens with zero attached hydrogens (tertiary/aromatic N) is 4. The smallest absolute Gasteiger partial charge is 0.259 e. The van der Waals surface area contributed by atoms with Gasteiger partial charge in [-0.15, -0.1) is 0 Å². The Labute approximate surface area is 174 Å². The minimum atomic E-state index is -0.165. The van der Waals surface area contributed by atoms with E-state index in [0.717, 1.165) is 36.5 Å². The van der Waals surface area contributed by atoms with Crippen molar-refractivity contribution in [2.45, 2.75) is 19.8 Å². The second kappa shape index (κ2) is 8.49. The molecule has 0 atom stereocenters. The van der Waals surface area contributed by atoms with Crippen LogP contribution in [0.2, 0.25) is 5.15 Å². The summed E-state index contributed by atoms with van der Waals surface area (Å²) in [6.45, 7) is 2.99. The minimum Gasteiger partial charge on any atom is -0.362 e. The first-order valence-electron chi connectivity index (χ1n) is 9.59. The number of aryl methyl sites for hydroxylation is 2. The van der Waals surface area contributed by atoms with E-state index in [9.17, 15) is 4.79 Å². The van der Waals surface area contributed by atoms with Crippen molar-refractivity contribution in [1.29, 1.82) is 0 Å². The fourth-order valence-electron chi connectivity index (χ4n) is 3.55. The molecule has 0 aliphatic carbocycles. The van der Waals surface area contributed by atoms with E-state index in [-0.39, 0.29) is 12.5 Å². The van der Waals surface area contributed by atoms with E-state index in [4.69, 9.17) is 11.6 Å². The van der Waals surface area contributed by atoms with Crippen molar-refractivity contribution in [3.8, 4) is 5.69 Å². The summed E-state index contributed by atoms with van der Waals surface area (Å²) >= 11 is 6.48. The molecular weight excluding hydrogens is 386 g/mol. The number of halogens is 1. The molecule has 1 aliphatic heterocycles. The predicted molar refractivity (Wildman–Crippen MR) is 116 cm³/mol. The molecule has 148 valence electrons. The number of hydrogen-bond acceptors (Lipinski definition) is 4. The van der Waals surface area contributed by atoms with Crippen molar-refractivity contribution >= 4 is 29.4 Å².